The summed E-state index contributed by atoms with van der Waals surface area (Å²) < 4.78 is 0. The Kier molecular flexibility index (Phi) is 7.12. The van der Waals surface area contributed by atoms with Crippen molar-refractivity contribution >= 4 is 6.29 Å². The van der Waals surface area contributed by atoms with Crippen LogP contribution in [0.3, 0.4) is 0 Å². The zero-order valence-corrected chi connectivity index (χ0v) is 21.4. The van der Waals surface area contributed by atoms with Crippen LogP contribution in [0.2, 0.25) is 0 Å². The van der Waals surface area contributed by atoms with Crippen LogP contribution >= 0.6 is 0 Å². The normalized spacial score (nSPS) is 44.7. The van der Waals surface area contributed by atoms with Crippen molar-refractivity contribution in [2.24, 2.45) is 52.3 Å². The average molecular weight is 441 g/mol. The Hall–Kier alpha value is -0.890. The van der Waals surface area contributed by atoms with Gasteiger partial charge in [-0.25, -0.2) is 0 Å². The Balaban J connectivity index is 1.56. The van der Waals surface area contributed by atoms with Crippen molar-refractivity contribution < 1.29 is 9.90 Å². The Labute approximate surface area is 197 Å². The number of rotatable bonds is 7. The third-order valence-electron chi connectivity index (χ3n) is 10.9. The number of fused-ring (bicyclic) bond motifs is 5. The minimum absolute atomic E-state index is 0.115. The topological polar surface area (TPSA) is 37.3 Å². The lowest BCUT2D eigenvalue weighted by Gasteiger charge is -2.60. The van der Waals surface area contributed by atoms with Gasteiger partial charge in [0, 0.05) is 0 Å². The van der Waals surface area contributed by atoms with E-state index < -0.39 is 0 Å². The second-order valence-corrected chi connectivity index (χ2v) is 12.9. The van der Waals surface area contributed by atoms with Crippen LogP contribution in [-0.4, -0.2) is 17.5 Å². The molecule has 0 aliphatic heterocycles. The zero-order chi connectivity index (χ0) is 23.1. The van der Waals surface area contributed by atoms with Crippen molar-refractivity contribution in [1.29, 1.82) is 0 Å². The highest BCUT2D eigenvalue weighted by Crippen LogP contribution is 2.68. The van der Waals surface area contributed by atoms with E-state index in [9.17, 15) is 9.90 Å². The highest BCUT2D eigenvalue weighted by Gasteiger charge is 2.60. The molecule has 0 radical (unpaired) electrons. The summed E-state index contributed by atoms with van der Waals surface area (Å²) in [6.07, 6.45) is 19.5. The van der Waals surface area contributed by atoms with Crippen LogP contribution in [0.5, 0.6) is 0 Å². The molecule has 0 aromatic rings. The molecule has 0 heterocycles. The third-order valence-corrected chi connectivity index (χ3v) is 10.9. The Morgan fingerprint density at radius 3 is 2.62 bits per heavy atom. The molecule has 0 amide bonds. The van der Waals surface area contributed by atoms with Gasteiger partial charge in [-0.3, -0.25) is 4.79 Å². The summed E-state index contributed by atoms with van der Waals surface area (Å²) in [4.78, 5) is 11.1. The van der Waals surface area contributed by atoms with E-state index in [4.69, 9.17) is 0 Å². The van der Waals surface area contributed by atoms with E-state index >= 15 is 0 Å². The lowest BCUT2D eigenvalue weighted by molar-refractivity contribution is -0.104. The van der Waals surface area contributed by atoms with Crippen molar-refractivity contribution in [2.75, 3.05) is 0 Å². The summed E-state index contributed by atoms with van der Waals surface area (Å²) >= 11 is 0. The molecule has 32 heavy (non-hydrogen) atoms. The molecule has 2 nitrogen and oxygen atoms in total. The molecule has 0 saturated heterocycles. The van der Waals surface area contributed by atoms with Gasteiger partial charge < -0.3 is 5.11 Å². The second-order valence-electron chi connectivity index (χ2n) is 12.9. The fraction of sp³-hybridized carbons (Fsp3) is 0.833. The van der Waals surface area contributed by atoms with Crippen LogP contribution in [0.15, 0.2) is 23.8 Å². The predicted octanol–water partition coefficient (Wildman–Crippen LogP) is 7.37. The van der Waals surface area contributed by atoms with Gasteiger partial charge in [-0.1, -0.05) is 71.6 Å². The van der Waals surface area contributed by atoms with E-state index in [1.807, 2.05) is 0 Å². The molecule has 1 unspecified atom stereocenters. The SMILES string of the molecule is CC(C)CCC[C@@H](C)[C@H]1CC[C@H]2[C@@H]3CC=C4C[C@@H](O)CC(C=CC=O)[C@]4(C)[C@H]3CC[C@]12C. The van der Waals surface area contributed by atoms with Crippen molar-refractivity contribution in [1.82, 2.24) is 0 Å². The standard InChI is InChI=1S/C30H48O2/c1-20(2)8-6-9-21(3)26-13-14-27-25-12-11-23-19-24(32)18-22(10-7-17-31)30(23,5)28(25)15-16-29(26,27)4/h7,10-11,17,20-22,24-28,32H,6,8-9,12-16,18-19H2,1-5H3/t21-,22?,24+,25+,26-,27+,28+,29-,30+/m1/s1. The summed E-state index contributed by atoms with van der Waals surface area (Å²) in [5.41, 5.74) is 2.10. The monoisotopic (exact) mass is 440 g/mol. The lowest BCUT2D eigenvalue weighted by Crippen LogP contribution is -2.53. The minimum atomic E-state index is -0.261. The molecule has 1 N–H and O–H groups in total. The van der Waals surface area contributed by atoms with Crippen molar-refractivity contribution in [3.8, 4) is 0 Å². The van der Waals surface area contributed by atoms with Crippen LogP contribution < -0.4 is 0 Å². The lowest BCUT2D eigenvalue weighted by atomic mass is 9.44. The van der Waals surface area contributed by atoms with Crippen molar-refractivity contribution in [3.05, 3.63) is 23.8 Å². The van der Waals surface area contributed by atoms with Crippen LogP contribution in [0.4, 0.5) is 0 Å². The first-order valence-electron chi connectivity index (χ1n) is 13.7. The van der Waals surface area contributed by atoms with E-state index in [1.54, 1.807) is 6.08 Å². The Morgan fingerprint density at radius 1 is 1.12 bits per heavy atom. The number of aliphatic hydroxyl groups is 1. The maximum Gasteiger partial charge on any atom is 0.142 e. The molecule has 0 spiro atoms. The van der Waals surface area contributed by atoms with Gasteiger partial charge in [0.25, 0.3) is 0 Å². The Morgan fingerprint density at radius 2 is 1.91 bits per heavy atom. The quantitative estimate of drug-likeness (QED) is 0.255. The van der Waals surface area contributed by atoms with Gasteiger partial charge in [0.1, 0.15) is 6.29 Å². The molecular formula is C30H48O2. The first kappa shape index (κ1) is 24.2. The van der Waals surface area contributed by atoms with Crippen molar-refractivity contribution in [2.45, 2.75) is 105 Å². The van der Waals surface area contributed by atoms with Crippen LogP contribution in [0.1, 0.15) is 98.8 Å². The molecule has 3 fully saturated rings. The van der Waals surface area contributed by atoms with Crippen LogP contribution in [-0.2, 0) is 4.79 Å². The van der Waals surface area contributed by atoms with Gasteiger partial charge in [0.2, 0.25) is 0 Å². The first-order valence-corrected chi connectivity index (χ1v) is 13.7. The van der Waals surface area contributed by atoms with E-state index in [1.165, 1.54) is 56.9 Å². The fourth-order valence-electron chi connectivity index (χ4n) is 9.27. The van der Waals surface area contributed by atoms with Gasteiger partial charge in [-0.15, -0.1) is 0 Å². The number of allylic oxidation sites excluding steroid dienone is 3. The maximum absolute atomic E-state index is 11.1. The van der Waals surface area contributed by atoms with E-state index in [0.717, 1.165) is 48.7 Å². The van der Waals surface area contributed by atoms with Crippen LogP contribution in [0.25, 0.3) is 0 Å². The Bertz CT molecular complexity index is 735. The summed E-state index contributed by atoms with van der Waals surface area (Å²) in [7, 11) is 0. The van der Waals surface area contributed by atoms with E-state index in [2.05, 4.69) is 46.8 Å². The molecule has 4 aliphatic carbocycles. The number of aldehydes is 1. The molecule has 4 rings (SSSR count). The second kappa shape index (κ2) is 9.40. The van der Waals surface area contributed by atoms with Gasteiger partial charge in [0.05, 0.1) is 6.10 Å². The van der Waals surface area contributed by atoms with Gasteiger partial charge in [-0.05, 0) is 103 Å². The molecule has 9 atom stereocenters. The fourth-order valence-corrected chi connectivity index (χ4v) is 9.27. The van der Waals surface area contributed by atoms with Gasteiger partial charge >= 0.3 is 0 Å². The van der Waals surface area contributed by atoms with E-state index in [0.29, 0.717) is 11.3 Å². The first-order chi connectivity index (χ1) is 15.2. The molecule has 0 aromatic carbocycles. The zero-order valence-electron chi connectivity index (χ0n) is 21.4. The van der Waals surface area contributed by atoms with E-state index in [-0.39, 0.29) is 17.4 Å². The number of carbonyl (C=O) groups excluding carboxylic acids is 1. The predicted molar refractivity (Wildman–Crippen MR) is 133 cm³/mol. The molecular weight excluding hydrogens is 392 g/mol. The summed E-state index contributed by atoms with van der Waals surface area (Å²) in [5, 5.41) is 10.6. The molecule has 180 valence electrons. The summed E-state index contributed by atoms with van der Waals surface area (Å²) in [6.45, 7) is 12.4. The molecule has 4 aliphatic rings. The molecule has 2 heteroatoms. The smallest absolute Gasteiger partial charge is 0.142 e. The van der Waals surface area contributed by atoms with Gasteiger partial charge in [-0.2, -0.15) is 0 Å². The average Bonchev–Trinajstić information content (AvgIpc) is 3.09. The van der Waals surface area contributed by atoms with Crippen LogP contribution in [0, 0.1) is 52.3 Å². The third kappa shape index (κ3) is 4.08. The summed E-state index contributed by atoms with van der Waals surface area (Å²) in [5.74, 6) is 5.16. The number of hydrogen-bond donors (Lipinski definition) is 1. The molecule has 0 aromatic heterocycles. The highest BCUT2D eigenvalue weighted by molar-refractivity contribution is 5.64. The number of carbonyl (C=O) groups is 1. The summed E-state index contributed by atoms with van der Waals surface area (Å²) in [6, 6.07) is 0. The largest absolute Gasteiger partial charge is 0.393 e. The van der Waals surface area contributed by atoms with Crippen molar-refractivity contribution in [3.63, 3.8) is 0 Å². The number of hydrogen-bond acceptors (Lipinski definition) is 2. The molecule has 3 saturated carbocycles. The molecule has 0 bridgehead atoms. The highest BCUT2D eigenvalue weighted by atomic mass is 16.3. The maximum atomic E-state index is 11.1. The minimum Gasteiger partial charge on any atom is -0.393 e. The number of aliphatic hydroxyl groups excluding tert-OH is 1. The van der Waals surface area contributed by atoms with Gasteiger partial charge in [0.15, 0.2) is 0 Å².